The Balaban J connectivity index is 1.70. The van der Waals surface area contributed by atoms with Crippen molar-refractivity contribution in [3.8, 4) is 11.3 Å². The molecule has 1 N–H and O–H groups in total. The van der Waals surface area contributed by atoms with Gasteiger partial charge < -0.3 is 13.9 Å². The van der Waals surface area contributed by atoms with E-state index in [2.05, 4.69) is 5.32 Å². The third-order valence-electron chi connectivity index (χ3n) is 5.23. The second kappa shape index (κ2) is 12.0. The Morgan fingerprint density at radius 2 is 1.55 bits per heavy atom. The van der Waals surface area contributed by atoms with Gasteiger partial charge in [0.2, 0.25) is 0 Å². The number of esters is 2. The Morgan fingerprint density at radius 1 is 0.879 bits per heavy atom. The zero-order valence-electron chi connectivity index (χ0n) is 19.3. The van der Waals surface area contributed by atoms with Crippen molar-refractivity contribution in [2.75, 3.05) is 7.11 Å². The van der Waals surface area contributed by atoms with Crippen molar-refractivity contribution in [1.29, 1.82) is 0 Å². The van der Waals surface area contributed by atoms with Crippen molar-refractivity contribution in [3.63, 3.8) is 0 Å². The number of furan rings is 1. The van der Waals surface area contributed by atoms with E-state index in [1.807, 2.05) is 86.6 Å². The first-order valence-electron chi connectivity index (χ1n) is 11.1. The predicted octanol–water partition coefficient (Wildman–Crippen LogP) is 4.78. The molecule has 2 atom stereocenters. The summed E-state index contributed by atoms with van der Waals surface area (Å²) in [6.07, 6.45) is 0.772. The number of nitrogens with one attached hydrogen (secondary N) is 1. The standard InChI is InChI=1S/C27H31NO5/c1-19(2)16-23(27(30)32-18-20-10-6-4-7-11-20)28-24(26(29)31-3)17-22-14-15-25(33-22)21-12-8-5-9-13-21/h4-15,19,23-24,28H,16-18H2,1-3H3/t23-,24-/m0/s1. The van der Waals surface area contributed by atoms with Crippen LogP contribution in [0.25, 0.3) is 11.3 Å². The van der Waals surface area contributed by atoms with Crippen LogP contribution in [-0.4, -0.2) is 31.1 Å². The van der Waals surface area contributed by atoms with Crippen LogP contribution in [0.15, 0.2) is 77.2 Å². The molecule has 1 aromatic heterocycles. The second-order valence-corrected chi connectivity index (χ2v) is 8.35. The van der Waals surface area contributed by atoms with Crippen LogP contribution >= 0.6 is 0 Å². The molecule has 174 valence electrons. The van der Waals surface area contributed by atoms with Gasteiger partial charge in [-0.15, -0.1) is 0 Å². The van der Waals surface area contributed by atoms with Crippen LogP contribution in [0.3, 0.4) is 0 Å². The molecule has 33 heavy (non-hydrogen) atoms. The predicted molar refractivity (Wildman–Crippen MR) is 126 cm³/mol. The molecule has 0 radical (unpaired) electrons. The Hall–Kier alpha value is -3.38. The average Bonchev–Trinajstić information content (AvgIpc) is 3.30. The maximum atomic E-state index is 12.9. The van der Waals surface area contributed by atoms with Gasteiger partial charge in [0.05, 0.1) is 7.11 Å². The molecule has 0 aliphatic carbocycles. The highest BCUT2D eigenvalue weighted by molar-refractivity contribution is 5.80. The Kier molecular flexibility index (Phi) is 8.84. The number of hydrogen-bond acceptors (Lipinski definition) is 6. The monoisotopic (exact) mass is 449 g/mol. The number of carbonyl (C=O) groups is 2. The van der Waals surface area contributed by atoms with Gasteiger partial charge in [-0.3, -0.25) is 14.9 Å². The van der Waals surface area contributed by atoms with Gasteiger partial charge >= 0.3 is 11.9 Å². The number of carbonyl (C=O) groups excluding carboxylic acids is 2. The highest BCUT2D eigenvalue weighted by Gasteiger charge is 2.29. The summed E-state index contributed by atoms with van der Waals surface area (Å²) in [5.41, 5.74) is 1.86. The minimum atomic E-state index is -0.752. The molecule has 0 unspecified atom stereocenters. The quantitative estimate of drug-likeness (QED) is 0.425. The van der Waals surface area contributed by atoms with Crippen LogP contribution in [0.2, 0.25) is 0 Å². The van der Waals surface area contributed by atoms with E-state index in [4.69, 9.17) is 13.9 Å². The summed E-state index contributed by atoms with van der Waals surface area (Å²) in [4.78, 5) is 25.4. The number of methoxy groups -OCH3 is 1. The van der Waals surface area contributed by atoms with Crippen LogP contribution in [0.5, 0.6) is 0 Å². The summed E-state index contributed by atoms with van der Waals surface area (Å²) in [5, 5.41) is 3.16. The van der Waals surface area contributed by atoms with E-state index in [1.54, 1.807) is 0 Å². The summed E-state index contributed by atoms with van der Waals surface area (Å²) in [5.74, 6) is 0.703. The molecule has 0 spiro atoms. The van der Waals surface area contributed by atoms with E-state index in [1.165, 1.54) is 7.11 Å². The van der Waals surface area contributed by atoms with E-state index in [0.717, 1.165) is 16.9 Å². The first kappa shape index (κ1) is 24.3. The van der Waals surface area contributed by atoms with Gasteiger partial charge in [0.15, 0.2) is 0 Å². The van der Waals surface area contributed by atoms with Crippen molar-refractivity contribution in [3.05, 3.63) is 84.1 Å². The van der Waals surface area contributed by atoms with E-state index in [0.29, 0.717) is 12.2 Å². The largest absolute Gasteiger partial charge is 0.468 e. The fourth-order valence-corrected chi connectivity index (χ4v) is 3.57. The van der Waals surface area contributed by atoms with Gasteiger partial charge in [-0.1, -0.05) is 74.5 Å². The highest BCUT2D eigenvalue weighted by atomic mass is 16.5. The SMILES string of the molecule is COC(=O)[C@H](Cc1ccc(-c2ccccc2)o1)N[C@@H](CC(C)C)C(=O)OCc1ccccc1. The summed E-state index contributed by atoms with van der Waals surface area (Å²) in [6, 6.07) is 21.5. The van der Waals surface area contributed by atoms with Crippen molar-refractivity contribution in [1.82, 2.24) is 5.32 Å². The zero-order chi connectivity index (χ0) is 23.6. The second-order valence-electron chi connectivity index (χ2n) is 8.35. The van der Waals surface area contributed by atoms with Gasteiger partial charge in [-0.05, 0) is 30.0 Å². The van der Waals surface area contributed by atoms with Gasteiger partial charge in [0.25, 0.3) is 0 Å². The number of ether oxygens (including phenoxy) is 2. The van der Waals surface area contributed by atoms with Crippen LogP contribution in [0.4, 0.5) is 0 Å². The molecule has 0 aliphatic heterocycles. The molecular formula is C27H31NO5. The summed E-state index contributed by atoms with van der Waals surface area (Å²) >= 11 is 0. The third kappa shape index (κ3) is 7.32. The fourth-order valence-electron chi connectivity index (χ4n) is 3.57. The van der Waals surface area contributed by atoms with Gasteiger partial charge in [0, 0.05) is 12.0 Å². The lowest BCUT2D eigenvalue weighted by molar-refractivity contribution is -0.149. The molecular weight excluding hydrogens is 418 g/mol. The van der Waals surface area contributed by atoms with Crippen molar-refractivity contribution >= 4 is 11.9 Å². The molecule has 0 saturated heterocycles. The molecule has 3 rings (SSSR count). The van der Waals surface area contributed by atoms with Gasteiger partial charge in [-0.2, -0.15) is 0 Å². The van der Waals surface area contributed by atoms with E-state index < -0.39 is 24.0 Å². The average molecular weight is 450 g/mol. The zero-order valence-corrected chi connectivity index (χ0v) is 19.3. The van der Waals surface area contributed by atoms with Gasteiger partial charge in [0.1, 0.15) is 30.2 Å². The first-order chi connectivity index (χ1) is 16.0. The lowest BCUT2D eigenvalue weighted by Gasteiger charge is -2.24. The summed E-state index contributed by atoms with van der Waals surface area (Å²) < 4.78 is 16.5. The van der Waals surface area contributed by atoms with Crippen LogP contribution < -0.4 is 5.32 Å². The molecule has 0 amide bonds. The number of rotatable bonds is 11. The molecule has 0 bridgehead atoms. The maximum Gasteiger partial charge on any atom is 0.323 e. The lowest BCUT2D eigenvalue weighted by atomic mass is 10.0. The molecule has 3 aromatic rings. The van der Waals surface area contributed by atoms with Crippen molar-refractivity contribution in [2.45, 2.75) is 45.4 Å². The normalized spacial score (nSPS) is 12.8. The Morgan fingerprint density at radius 3 is 2.18 bits per heavy atom. The first-order valence-corrected chi connectivity index (χ1v) is 11.1. The molecule has 0 saturated carbocycles. The van der Waals surface area contributed by atoms with Gasteiger partial charge in [-0.25, -0.2) is 0 Å². The maximum absolute atomic E-state index is 12.9. The lowest BCUT2D eigenvalue weighted by Crippen LogP contribution is -2.49. The number of hydrogen-bond donors (Lipinski definition) is 1. The molecule has 6 nitrogen and oxygen atoms in total. The van der Waals surface area contributed by atoms with Crippen LogP contribution in [0, 0.1) is 5.92 Å². The highest BCUT2D eigenvalue weighted by Crippen LogP contribution is 2.23. The van der Waals surface area contributed by atoms with Crippen molar-refractivity contribution in [2.24, 2.45) is 5.92 Å². The number of benzene rings is 2. The minimum absolute atomic E-state index is 0.178. The molecule has 2 aromatic carbocycles. The fraction of sp³-hybridized carbons (Fsp3) is 0.333. The summed E-state index contributed by atoms with van der Waals surface area (Å²) in [6.45, 7) is 4.22. The molecule has 6 heteroatoms. The molecule has 0 fully saturated rings. The Bertz CT molecular complexity index is 1010. The molecule has 0 aliphatic rings. The summed E-state index contributed by atoms with van der Waals surface area (Å²) in [7, 11) is 1.33. The van der Waals surface area contributed by atoms with Crippen molar-refractivity contribution < 1.29 is 23.5 Å². The topological polar surface area (TPSA) is 77.8 Å². The third-order valence-corrected chi connectivity index (χ3v) is 5.23. The smallest absolute Gasteiger partial charge is 0.323 e. The minimum Gasteiger partial charge on any atom is -0.468 e. The molecule has 1 heterocycles. The van der Waals surface area contributed by atoms with Crippen LogP contribution in [-0.2, 0) is 32.1 Å². The van der Waals surface area contributed by atoms with Crippen LogP contribution in [0.1, 0.15) is 31.6 Å². The van der Waals surface area contributed by atoms with E-state index >= 15 is 0 Å². The van der Waals surface area contributed by atoms with E-state index in [9.17, 15) is 9.59 Å². The van der Waals surface area contributed by atoms with E-state index in [-0.39, 0.29) is 18.9 Å². The Labute approximate surface area is 194 Å².